The van der Waals surface area contributed by atoms with E-state index in [1.54, 1.807) is 48.5 Å². The number of nitrogens with one attached hydrogen (secondary N) is 2. The summed E-state index contributed by atoms with van der Waals surface area (Å²) in [5.41, 5.74) is 1.56. The van der Waals surface area contributed by atoms with Gasteiger partial charge < -0.3 is 25.6 Å². The normalized spacial score (nSPS) is 24.2. The maximum Gasteiger partial charge on any atom is 0.306 e. The van der Waals surface area contributed by atoms with Crippen molar-refractivity contribution in [3.8, 4) is 0 Å². The minimum atomic E-state index is -1.27. The fourth-order valence-corrected chi connectivity index (χ4v) is 3.87. The lowest BCUT2D eigenvalue weighted by molar-refractivity contribution is -0.151. The SMILES string of the molecule is O=C(C[C@@H]1C[C@@H](O)[C@H](O)CCC(=O)O[C@H](c2ccccc2)CNC1=O)NCc1ccc(Cl)cc1. The zero-order valence-electron chi connectivity index (χ0n) is 18.7. The molecule has 0 spiro atoms. The molecule has 4 N–H and O–H groups in total. The monoisotopic (exact) mass is 488 g/mol. The number of hydrogen-bond acceptors (Lipinski definition) is 6. The minimum Gasteiger partial charge on any atom is -0.456 e. The molecule has 9 heteroatoms. The Kier molecular flexibility index (Phi) is 9.44. The van der Waals surface area contributed by atoms with Gasteiger partial charge in [-0.2, -0.15) is 0 Å². The number of carbonyl (C=O) groups excluding carboxylic acids is 3. The lowest BCUT2D eigenvalue weighted by Gasteiger charge is -2.26. The smallest absolute Gasteiger partial charge is 0.306 e. The third-order valence-electron chi connectivity index (χ3n) is 5.73. The van der Waals surface area contributed by atoms with E-state index in [1.165, 1.54) is 0 Å². The average Bonchev–Trinajstić information content (AvgIpc) is 2.84. The summed E-state index contributed by atoms with van der Waals surface area (Å²) in [6.45, 7) is 0.289. The molecule has 0 saturated carbocycles. The minimum absolute atomic E-state index is 0.0153. The molecule has 0 unspecified atom stereocenters. The van der Waals surface area contributed by atoms with Crippen LogP contribution in [-0.2, 0) is 25.7 Å². The Bertz CT molecular complexity index is 969. The van der Waals surface area contributed by atoms with Crippen LogP contribution in [-0.4, -0.2) is 46.7 Å². The summed E-state index contributed by atoms with van der Waals surface area (Å²) < 4.78 is 5.52. The van der Waals surface area contributed by atoms with Crippen molar-refractivity contribution in [2.75, 3.05) is 6.54 Å². The molecule has 1 saturated heterocycles. The van der Waals surface area contributed by atoms with Crippen LogP contribution < -0.4 is 10.6 Å². The van der Waals surface area contributed by atoms with E-state index in [4.69, 9.17) is 16.3 Å². The summed E-state index contributed by atoms with van der Waals surface area (Å²) in [6, 6.07) is 16.0. The van der Waals surface area contributed by atoms with Gasteiger partial charge in [-0.05, 0) is 36.1 Å². The van der Waals surface area contributed by atoms with Crippen LogP contribution in [0.15, 0.2) is 54.6 Å². The van der Waals surface area contributed by atoms with Gasteiger partial charge in [0.1, 0.15) is 6.10 Å². The second-order valence-corrected chi connectivity index (χ2v) is 8.78. The lowest BCUT2D eigenvalue weighted by Crippen LogP contribution is -2.41. The van der Waals surface area contributed by atoms with Gasteiger partial charge >= 0.3 is 5.97 Å². The first-order chi connectivity index (χ1) is 16.3. The number of aliphatic hydroxyl groups is 2. The molecule has 0 aromatic heterocycles. The Balaban J connectivity index is 1.68. The van der Waals surface area contributed by atoms with Gasteiger partial charge in [-0.15, -0.1) is 0 Å². The van der Waals surface area contributed by atoms with Gasteiger partial charge in [0, 0.05) is 30.3 Å². The van der Waals surface area contributed by atoms with Gasteiger partial charge in [0.05, 0.1) is 18.8 Å². The van der Waals surface area contributed by atoms with Gasteiger partial charge in [-0.3, -0.25) is 14.4 Å². The Morgan fingerprint density at radius 2 is 1.76 bits per heavy atom. The molecule has 1 aliphatic rings. The van der Waals surface area contributed by atoms with Gasteiger partial charge in [0.2, 0.25) is 11.8 Å². The van der Waals surface area contributed by atoms with Crippen LogP contribution in [0, 0.1) is 5.92 Å². The Morgan fingerprint density at radius 1 is 1.06 bits per heavy atom. The molecule has 4 atom stereocenters. The first-order valence-corrected chi connectivity index (χ1v) is 11.6. The second-order valence-electron chi connectivity index (χ2n) is 8.35. The summed E-state index contributed by atoms with van der Waals surface area (Å²) in [5.74, 6) is -2.24. The highest BCUT2D eigenvalue weighted by atomic mass is 35.5. The largest absolute Gasteiger partial charge is 0.456 e. The molecule has 2 amide bonds. The topological polar surface area (TPSA) is 125 Å². The second kappa shape index (κ2) is 12.5. The molecule has 34 heavy (non-hydrogen) atoms. The molecule has 2 aromatic rings. The average molecular weight is 489 g/mol. The molecule has 182 valence electrons. The van der Waals surface area contributed by atoms with Crippen molar-refractivity contribution in [2.24, 2.45) is 5.92 Å². The van der Waals surface area contributed by atoms with E-state index in [1.807, 2.05) is 6.07 Å². The number of halogens is 1. The molecule has 1 aliphatic heterocycles. The summed E-state index contributed by atoms with van der Waals surface area (Å²) in [6.07, 6.45) is -3.59. The van der Waals surface area contributed by atoms with Crippen LogP contribution in [0.5, 0.6) is 0 Å². The van der Waals surface area contributed by atoms with Gasteiger partial charge in [-0.25, -0.2) is 0 Å². The number of carbonyl (C=O) groups is 3. The van der Waals surface area contributed by atoms with Crippen LogP contribution in [0.2, 0.25) is 5.02 Å². The number of aliphatic hydroxyl groups excluding tert-OH is 2. The molecular formula is C25H29ClN2O6. The molecule has 0 radical (unpaired) electrons. The zero-order valence-corrected chi connectivity index (χ0v) is 19.4. The third kappa shape index (κ3) is 7.83. The van der Waals surface area contributed by atoms with E-state index in [0.29, 0.717) is 10.6 Å². The summed E-state index contributed by atoms with van der Waals surface area (Å²) in [4.78, 5) is 37.8. The highest BCUT2D eigenvalue weighted by molar-refractivity contribution is 6.30. The van der Waals surface area contributed by atoms with Crippen LogP contribution in [0.3, 0.4) is 0 Å². The summed E-state index contributed by atoms with van der Waals surface area (Å²) >= 11 is 5.87. The van der Waals surface area contributed by atoms with E-state index < -0.39 is 36.1 Å². The van der Waals surface area contributed by atoms with E-state index in [9.17, 15) is 24.6 Å². The zero-order chi connectivity index (χ0) is 24.5. The summed E-state index contributed by atoms with van der Waals surface area (Å²) in [5, 5.41) is 26.8. The van der Waals surface area contributed by atoms with Crippen molar-refractivity contribution in [3.63, 3.8) is 0 Å². The number of esters is 1. The Labute approximate surface area is 203 Å². The summed E-state index contributed by atoms with van der Waals surface area (Å²) in [7, 11) is 0. The quantitative estimate of drug-likeness (QED) is 0.478. The first-order valence-electron chi connectivity index (χ1n) is 11.2. The Morgan fingerprint density at radius 3 is 2.47 bits per heavy atom. The Hall–Kier alpha value is -2.94. The predicted molar refractivity (Wildman–Crippen MR) is 126 cm³/mol. The number of cyclic esters (lactones) is 1. The van der Waals surface area contributed by atoms with E-state index in [0.717, 1.165) is 5.56 Å². The molecular weight excluding hydrogens is 460 g/mol. The van der Waals surface area contributed by atoms with E-state index in [-0.39, 0.29) is 44.7 Å². The van der Waals surface area contributed by atoms with Gasteiger partial charge in [0.15, 0.2) is 0 Å². The highest BCUT2D eigenvalue weighted by Crippen LogP contribution is 2.22. The number of amides is 2. The van der Waals surface area contributed by atoms with Gasteiger partial charge in [0.25, 0.3) is 0 Å². The maximum absolute atomic E-state index is 12.9. The first kappa shape index (κ1) is 25.7. The van der Waals surface area contributed by atoms with Crippen molar-refractivity contribution in [1.82, 2.24) is 10.6 Å². The van der Waals surface area contributed by atoms with Crippen molar-refractivity contribution in [1.29, 1.82) is 0 Å². The molecule has 1 fully saturated rings. The molecule has 0 aliphatic carbocycles. The molecule has 2 aromatic carbocycles. The molecule has 3 rings (SSSR count). The van der Waals surface area contributed by atoms with Crippen LogP contribution in [0.4, 0.5) is 0 Å². The van der Waals surface area contributed by atoms with E-state index in [2.05, 4.69) is 10.6 Å². The molecule has 0 bridgehead atoms. The fourth-order valence-electron chi connectivity index (χ4n) is 3.74. The maximum atomic E-state index is 12.9. The standard InChI is InChI=1S/C25H29ClN2O6/c26-19-8-6-16(7-9-19)14-27-23(31)13-18-12-21(30)20(29)10-11-24(32)34-22(15-28-25(18)33)17-4-2-1-3-5-17/h1-9,18,20-22,29-30H,10-15H2,(H,27,31)(H,28,33)/t18-,20+,21+,22-/m0/s1. The van der Waals surface area contributed by atoms with Crippen molar-refractivity contribution in [3.05, 3.63) is 70.7 Å². The van der Waals surface area contributed by atoms with Crippen LogP contribution >= 0.6 is 11.6 Å². The fraction of sp³-hybridized carbons (Fsp3) is 0.400. The third-order valence-corrected chi connectivity index (χ3v) is 5.98. The number of rotatable bonds is 5. The van der Waals surface area contributed by atoms with Crippen molar-refractivity contribution < 1.29 is 29.3 Å². The van der Waals surface area contributed by atoms with Crippen LogP contribution in [0.25, 0.3) is 0 Å². The number of ether oxygens (including phenoxy) is 1. The van der Waals surface area contributed by atoms with Crippen molar-refractivity contribution in [2.45, 2.75) is 50.5 Å². The van der Waals surface area contributed by atoms with Gasteiger partial charge in [-0.1, -0.05) is 54.1 Å². The highest BCUT2D eigenvalue weighted by Gasteiger charge is 2.30. The number of hydrogen-bond donors (Lipinski definition) is 4. The lowest BCUT2D eigenvalue weighted by atomic mass is 9.92. The van der Waals surface area contributed by atoms with Crippen molar-refractivity contribution >= 4 is 29.4 Å². The predicted octanol–water partition coefficient (Wildman–Crippen LogP) is 2.27. The molecule has 8 nitrogen and oxygen atoms in total. The number of benzene rings is 2. The van der Waals surface area contributed by atoms with E-state index >= 15 is 0 Å². The van der Waals surface area contributed by atoms with Crippen LogP contribution in [0.1, 0.15) is 42.9 Å². The molecule has 1 heterocycles.